The molecule has 19 heavy (non-hydrogen) atoms. The maximum atomic E-state index is 11.7. The Balaban J connectivity index is 2.26. The smallest absolute Gasteiger partial charge is 0.251 e. The van der Waals surface area contributed by atoms with Gasteiger partial charge < -0.3 is 10.6 Å². The van der Waals surface area contributed by atoms with Crippen molar-refractivity contribution < 1.29 is 9.59 Å². The lowest BCUT2D eigenvalue weighted by atomic mass is 10.2. The second kappa shape index (κ2) is 8.53. The molecule has 2 amide bonds. The summed E-state index contributed by atoms with van der Waals surface area (Å²) in [7, 11) is 0. The van der Waals surface area contributed by atoms with Gasteiger partial charge >= 0.3 is 0 Å². The van der Waals surface area contributed by atoms with E-state index in [0.717, 1.165) is 19.3 Å². The van der Waals surface area contributed by atoms with E-state index in [0.29, 0.717) is 17.1 Å². The van der Waals surface area contributed by atoms with Crippen molar-refractivity contribution in [2.45, 2.75) is 26.2 Å². The van der Waals surface area contributed by atoms with Crippen LogP contribution < -0.4 is 10.6 Å². The standard InChI is InChI=1S/C14H19ClN2O2/c1-2-3-4-9-16-13(18)10-17-14(19)11-5-7-12(15)8-6-11/h5-8H,2-4,9-10H2,1H3,(H,16,18)(H,17,19). The number of benzene rings is 1. The number of carbonyl (C=O) groups is 2. The Morgan fingerprint density at radius 3 is 2.42 bits per heavy atom. The lowest BCUT2D eigenvalue weighted by Gasteiger charge is -2.06. The molecule has 0 saturated carbocycles. The van der Waals surface area contributed by atoms with Crippen LogP contribution in [-0.4, -0.2) is 24.9 Å². The van der Waals surface area contributed by atoms with Crippen LogP contribution in [0.5, 0.6) is 0 Å². The molecule has 1 aromatic carbocycles. The predicted octanol–water partition coefficient (Wildman–Crippen LogP) is 2.38. The van der Waals surface area contributed by atoms with Gasteiger partial charge in [-0.2, -0.15) is 0 Å². The van der Waals surface area contributed by atoms with Crippen molar-refractivity contribution in [3.63, 3.8) is 0 Å². The van der Waals surface area contributed by atoms with E-state index in [2.05, 4.69) is 17.6 Å². The molecule has 5 heteroatoms. The van der Waals surface area contributed by atoms with E-state index in [1.807, 2.05) is 0 Å². The molecule has 0 saturated heterocycles. The summed E-state index contributed by atoms with van der Waals surface area (Å²) in [6.07, 6.45) is 3.17. The molecule has 0 aliphatic carbocycles. The van der Waals surface area contributed by atoms with Crippen LogP contribution >= 0.6 is 11.6 Å². The van der Waals surface area contributed by atoms with Gasteiger partial charge in [-0.15, -0.1) is 0 Å². The molecule has 0 spiro atoms. The molecular weight excluding hydrogens is 264 g/mol. The van der Waals surface area contributed by atoms with E-state index in [9.17, 15) is 9.59 Å². The molecule has 0 atom stereocenters. The maximum Gasteiger partial charge on any atom is 0.251 e. The summed E-state index contributed by atoms with van der Waals surface area (Å²) in [5.74, 6) is -0.446. The van der Waals surface area contributed by atoms with Gasteiger partial charge in [0.25, 0.3) is 5.91 Å². The minimum absolute atomic E-state index is 0.00636. The van der Waals surface area contributed by atoms with Gasteiger partial charge in [0.2, 0.25) is 5.91 Å². The maximum absolute atomic E-state index is 11.7. The zero-order valence-corrected chi connectivity index (χ0v) is 11.8. The number of rotatable bonds is 7. The summed E-state index contributed by atoms with van der Waals surface area (Å²) in [6.45, 7) is 2.76. The van der Waals surface area contributed by atoms with Gasteiger partial charge in [-0.3, -0.25) is 9.59 Å². The van der Waals surface area contributed by atoms with Gasteiger partial charge in [0.05, 0.1) is 6.54 Å². The third kappa shape index (κ3) is 6.25. The normalized spacial score (nSPS) is 10.0. The summed E-state index contributed by atoms with van der Waals surface area (Å²) in [4.78, 5) is 23.2. The zero-order chi connectivity index (χ0) is 14.1. The second-order valence-electron chi connectivity index (χ2n) is 4.25. The highest BCUT2D eigenvalue weighted by Gasteiger charge is 2.07. The highest BCUT2D eigenvalue weighted by atomic mass is 35.5. The van der Waals surface area contributed by atoms with Crippen LogP contribution in [0.2, 0.25) is 5.02 Å². The summed E-state index contributed by atoms with van der Waals surface area (Å²) < 4.78 is 0. The minimum atomic E-state index is -0.277. The van der Waals surface area contributed by atoms with Crippen molar-refractivity contribution in [2.75, 3.05) is 13.1 Å². The highest BCUT2D eigenvalue weighted by molar-refractivity contribution is 6.30. The van der Waals surface area contributed by atoms with Gasteiger partial charge in [-0.1, -0.05) is 31.4 Å². The highest BCUT2D eigenvalue weighted by Crippen LogP contribution is 2.09. The molecular formula is C14H19ClN2O2. The van der Waals surface area contributed by atoms with Crippen LogP contribution in [0.3, 0.4) is 0 Å². The molecule has 2 N–H and O–H groups in total. The Morgan fingerprint density at radius 1 is 1.11 bits per heavy atom. The lowest BCUT2D eigenvalue weighted by molar-refractivity contribution is -0.120. The van der Waals surface area contributed by atoms with Gasteiger partial charge in [-0.25, -0.2) is 0 Å². The van der Waals surface area contributed by atoms with E-state index >= 15 is 0 Å². The third-order valence-corrected chi connectivity index (χ3v) is 2.87. The average Bonchev–Trinajstić information content (AvgIpc) is 2.42. The number of nitrogens with one attached hydrogen (secondary N) is 2. The SMILES string of the molecule is CCCCCNC(=O)CNC(=O)c1ccc(Cl)cc1. The van der Waals surface area contributed by atoms with Gasteiger partial charge in [0, 0.05) is 17.1 Å². The average molecular weight is 283 g/mol. The first-order valence-electron chi connectivity index (χ1n) is 6.44. The van der Waals surface area contributed by atoms with Crippen LogP contribution in [-0.2, 0) is 4.79 Å². The first kappa shape index (κ1) is 15.5. The van der Waals surface area contributed by atoms with Crippen LogP contribution in [0.4, 0.5) is 0 Å². The second-order valence-corrected chi connectivity index (χ2v) is 4.68. The Kier molecular flexibility index (Phi) is 6.97. The van der Waals surface area contributed by atoms with Crippen molar-refractivity contribution in [2.24, 2.45) is 0 Å². The fourth-order valence-electron chi connectivity index (χ4n) is 1.53. The molecule has 0 bridgehead atoms. The molecule has 1 aromatic rings. The number of amides is 2. The molecule has 0 unspecified atom stereocenters. The van der Waals surface area contributed by atoms with Crippen molar-refractivity contribution in [3.05, 3.63) is 34.9 Å². The van der Waals surface area contributed by atoms with Crippen molar-refractivity contribution in [1.29, 1.82) is 0 Å². The first-order valence-corrected chi connectivity index (χ1v) is 6.81. The summed E-state index contributed by atoms with van der Waals surface area (Å²) in [6, 6.07) is 6.52. The summed E-state index contributed by atoms with van der Waals surface area (Å²) in [5, 5.41) is 5.90. The quantitative estimate of drug-likeness (QED) is 0.755. The number of hydrogen-bond donors (Lipinski definition) is 2. The minimum Gasteiger partial charge on any atom is -0.355 e. The number of hydrogen-bond acceptors (Lipinski definition) is 2. The van der Waals surface area contributed by atoms with Crippen molar-refractivity contribution in [3.8, 4) is 0 Å². The molecule has 1 rings (SSSR count). The molecule has 0 radical (unpaired) electrons. The van der Waals surface area contributed by atoms with E-state index in [4.69, 9.17) is 11.6 Å². The van der Waals surface area contributed by atoms with Gasteiger partial charge in [-0.05, 0) is 30.7 Å². The largest absolute Gasteiger partial charge is 0.355 e. The van der Waals surface area contributed by atoms with E-state index in [-0.39, 0.29) is 18.4 Å². The van der Waals surface area contributed by atoms with Gasteiger partial charge in [0.1, 0.15) is 0 Å². The number of carbonyl (C=O) groups excluding carboxylic acids is 2. The number of unbranched alkanes of at least 4 members (excludes halogenated alkanes) is 2. The van der Waals surface area contributed by atoms with Crippen molar-refractivity contribution in [1.82, 2.24) is 10.6 Å². The third-order valence-electron chi connectivity index (χ3n) is 2.62. The van der Waals surface area contributed by atoms with Crippen LogP contribution in [0.25, 0.3) is 0 Å². The zero-order valence-electron chi connectivity index (χ0n) is 11.0. The number of halogens is 1. The van der Waals surface area contributed by atoms with Crippen molar-refractivity contribution >= 4 is 23.4 Å². The molecule has 0 aliphatic rings. The molecule has 0 aliphatic heterocycles. The fourth-order valence-corrected chi connectivity index (χ4v) is 1.66. The van der Waals surface area contributed by atoms with E-state index in [1.165, 1.54) is 0 Å². The van der Waals surface area contributed by atoms with E-state index < -0.39 is 0 Å². The Hall–Kier alpha value is -1.55. The lowest BCUT2D eigenvalue weighted by Crippen LogP contribution is -2.37. The molecule has 104 valence electrons. The van der Waals surface area contributed by atoms with Crippen LogP contribution in [0.15, 0.2) is 24.3 Å². The Morgan fingerprint density at radius 2 is 1.79 bits per heavy atom. The summed E-state index contributed by atoms with van der Waals surface area (Å²) in [5.41, 5.74) is 0.489. The Bertz CT molecular complexity index is 418. The topological polar surface area (TPSA) is 58.2 Å². The van der Waals surface area contributed by atoms with Crippen LogP contribution in [0.1, 0.15) is 36.5 Å². The monoisotopic (exact) mass is 282 g/mol. The first-order chi connectivity index (χ1) is 9.13. The molecule has 0 aromatic heterocycles. The molecule has 0 heterocycles. The van der Waals surface area contributed by atoms with Crippen LogP contribution in [0, 0.1) is 0 Å². The molecule has 4 nitrogen and oxygen atoms in total. The molecule has 0 fully saturated rings. The predicted molar refractivity (Wildman–Crippen MR) is 76.3 cm³/mol. The fraction of sp³-hybridized carbons (Fsp3) is 0.429. The van der Waals surface area contributed by atoms with Gasteiger partial charge in [0.15, 0.2) is 0 Å². The Labute approximate surface area is 118 Å². The summed E-state index contributed by atoms with van der Waals surface area (Å²) >= 11 is 5.73. The van der Waals surface area contributed by atoms with E-state index in [1.54, 1.807) is 24.3 Å².